The van der Waals surface area contributed by atoms with E-state index >= 15 is 0 Å². The van der Waals surface area contributed by atoms with Crippen LogP contribution in [0.2, 0.25) is 0 Å². The van der Waals surface area contributed by atoms with Gasteiger partial charge in [-0.1, -0.05) is 30.3 Å². The Morgan fingerprint density at radius 1 is 0.947 bits per heavy atom. The number of hydrogen-bond donors (Lipinski definition) is 1. The van der Waals surface area contributed by atoms with Crippen LogP contribution in [0.3, 0.4) is 0 Å². The van der Waals surface area contributed by atoms with Crippen molar-refractivity contribution in [2.24, 2.45) is 0 Å². The van der Waals surface area contributed by atoms with Crippen LogP contribution in [0.25, 0.3) is 0 Å². The molecule has 0 spiro atoms. The van der Waals surface area contributed by atoms with Gasteiger partial charge in [0.15, 0.2) is 11.5 Å². The van der Waals surface area contributed by atoms with Gasteiger partial charge in [-0.15, -0.1) is 0 Å². The third-order valence-corrected chi connectivity index (χ3v) is 7.77. The first-order valence-corrected chi connectivity index (χ1v) is 13.5. The predicted molar refractivity (Wildman–Crippen MR) is 153 cm³/mol. The number of carbonyl (C=O) groups excluding carboxylic acids is 1. The summed E-state index contributed by atoms with van der Waals surface area (Å²) in [5.74, 6) is 1.48. The number of ether oxygens (including phenoxy) is 2. The van der Waals surface area contributed by atoms with E-state index < -0.39 is 0 Å². The molecule has 7 nitrogen and oxygen atoms in total. The van der Waals surface area contributed by atoms with Crippen LogP contribution in [-0.2, 0) is 6.54 Å². The first-order valence-electron chi connectivity index (χ1n) is 13.5. The van der Waals surface area contributed by atoms with Gasteiger partial charge in [0.25, 0.3) is 5.91 Å². The average molecular weight is 515 g/mol. The highest BCUT2D eigenvalue weighted by Crippen LogP contribution is 2.40. The summed E-state index contributed by atoms with van der Waals surface area (Å²) in [6.45, 7) is 5.34. The minimum absolute atomic E-state index is 0.0743. The number of nitrogens with one attached hydrogen (secondary N) is 1. The number of carbonyl (C=O) groups is 1. The van der Waals surface area contributed by atoms with Crippen molar-refractivity contribution in [2.75, 3.05) is 63.8 Å². The molecule has 0 unspecified atom stereocenters. The second kappa shape index (κ2) is 11.8. The molecule has 0 bridgehead atoms. The van der Waals surface area contributed by atoms with E-state index in [4.69, 9.17) is 9.47 Å². The smallest absolute Gasteiger partial charge is 0.255 e. The Morgan fingerprint density at radius 2 is 1.71 bits per heavy atom. The maximum absolute atomic E-state index is 13.9. The third kappa shape index (κ3) is 5.29. The minimum Gasteiger partial charge on any atom is -0.493 e. The SMILES string of the molecule is COc1ccc([C@@H](CCCN(C)c2ccccc2)N2Cc3c(cccc3N3CCNCC3)C2=O)cc1OC. The lowest BCUT2D eigenvalue weighted by atomic mass is 9.99. The Balaban J connectivity index is 1.42. The van der Waals surface area contributed by atoms with Gasteiger partial charge in [-0.3, -0.25) is 4.79 Å². The van der Waals surface area contributed by atoms with Crippen LogP contribution in [0.5, 0.6) is 11.5 Å². The molecule has 1 atom stereocenters. The molecule has 2 heterocycles. The number of para-hydroxylation sites is 1. The van der Waals surface area contributed by atoms with E-state index in [1.807, 2.05) is 30.3 Å². The number of amides is 1. The molecule has 2 aliphatic rings. The van der Waals surface area contributed by atoms with Crippen LogP contribution in [0.1, 0.15) is 40.4 Å². The second-order valence-corrected chi connectivity index (χ2v) is 10.0. The monoisotopic (exact) mass is 514 g/mol. The molecule has 0 aromatic heterocycles. The van der Waals surface area contributed by atoms with Crippen molar-refractivity contribution >= 4 is 17.3 Å². The lowest BCUT2D eigenvalue weighted by Crippen LogP contribution is -2.43. The molecule has 1 saturated heterocycles. The Bertz CT molecular complexity index is 1240. The number of hydrogen-bond acceptors (Lipinski definition) is 6. The van der Waals surface area contributed by atoms with E-state index in [-0.39, 0.29) is 11.9 Å². The first kappa shape index (κ1) is 25.9. The van der Waals surface area contributed by atoms with Crippen LogP contribution in [0.4, 0.5) is 11.4 Å². The van der Waals surface area contributed by atoms with Crippen LogP contribution in [-0.4, -0.2) is 64.8 Å². The summed E-state index contributed by atoms with van der Waals surface area (Å²) >= 11 is 0. The molecule has 0 radical (unpaired) electrons. The molecule has 2 aliphatic heterocycles. The molecule has 1 N–H and O–H groups in total. The van der Waals surface area contributed by atoms with Crippen molar-refractivity contribution in [1.29, 1.82) is 0 Å². The zero-order chi connectivity index (χ0) is 26.5. The molecule has 0 saturated carbocycles. The minimum atomic E-state index is -0.0743. The Kier molecular flexibility index (Phi) is 8.03. The lowest BCUT2D eigenvalue weighted by Gasteiger charge is -2.32. The fourth-order valence-corrected chi connectivity index (χ4v) is 5.69. The molecule has 3 aromatic carbocycles. The zero-order valence-corrected chi connectivity index (χ0v) is 22.7. The third-order valence-electron chi connectivity index (χ3n) is 7.77. The molecule has 200 valence electrons. The fraction of sp³-hybridized carbons (Fsp3) is 0.387. The summed E-state index contributed by atoms with van der Waals surface area (Å²) in [5.41, 5.74) is 5.42. The summed E-state index contributed by atoms with van der Waals surface area (Å²) in [4.78, 5) is 20.6. The fourth-order valence-electron chi connectivity index (χ4n) is 5.69. The number of rotatable bonds is 10. The van der Waals surface area contributed by atoms with Gasteiger partial charge in [0.2, 0.25) is 0 Å². The van der Waals surface area contributed by atoms with Gasteiger partial charge in [0.1, 0.15) is 0 Å². The quantitative estimate of drug-likeness (QED) is 0.422. The van der Waals surface area contributed by atoms with Gasteiger partial charge >= 0.3 is 0 Å². The molecule has 7 heteroatoms. The average Bonchev–Trinajstić information content (AvgIpc) is 3.31. The van der Waals surface area contributed by atoms with E-state index in [9.17, 15) is 4.79 Å². The number of anilines is 2. The van der Waals surface area contributed by atoms with E-state index in [0.717, 1.165) is 62.3 Å². The second-order valence-electron chi connectivity index (χ2n) is 10.0. The topological polar surface area (TPSA) is 57.3 Å². The summed E-state index contributed by atoms with van der Waals surface area (Å²) in [6.07, 6.45) is 1.78. The summed E-state index contributed by atoms with van der Waals surface area (Å²) in [6, 6.07) is 22.6. The van der Waals surface area contributed by atoms with Crippen LogP contribution in [0, 0.1) is 0 Å². The summed E-state index contributed by atoms with van der Waals surface area (Å²) in [5, 5.41) is 3.43. The number of fused-ring (bicyclic) bond motifs is 1. The lowest BCUT2D eigenvalue weighted by molar-refractivity contribution is 0.0689. The highest BCUT2D eigenvalue weighted by molar-refractivity contribution is 6.00. The molecule has 1 amide bonds. The van der Waals surface area contributed by atoms with Gasteiger partial charge < -0.3 is 29.5 Å². The summed E-state index contributed by atoms with van der Waals surface area (Å²) < 4.78 is 11.1. The normalized spacial score (nSPS) is 15.8. The van der Waals surface area contributed by atoms with E-state index in [2.05, 4.69) is 63.5 Å². The molecular formula is C31H38N4O3. The van der Waals surface area contributed by atoms with Gasteiger partial charge in [-0.2, -0.15) is 0 Å². The van der Waals surface area contributed by atoms with E-state index in [1.165, 1.54) is 11.4 Å². The van der Waals surface area contributed by atoms with Gasteiger partial charge in [0, 0.05) is 68.8 Å². The van der Waals surface area contributed by atoms with Crippen LogP contribution < -0.4 is 24.6 Å². The van der Waals surface area contributed by atoms with Crippen LogP contribution in [0.15, 0.2) is 66.7 Å². The first-order chi connectivity index (χ1) is 18.6. The highest BCUT2D eigenvalue weighted by atomic mass is 16.5. The zero-order valence-electron chi connectivity index (χ0n) is 22.7. The number of methoxy groups -OCH3 is 2. The van der Waals surface area contributed by atoms with Crippen LogP contribution >= 0.6 is 0 Å². The van der Waals surface area contributed by atoms with Gasteiger partial charge in [-0.05, 0) is 54.8 Å². The molecule has 0 aliphatic carbocycles. The van der Waals surface area contributed by atoms with Gasteiger partial charge in [-0.25, -0.2) is 0 Å². The number of nitrogens with zero attached hydrogens (tertiary/aromatic N) is 3. The standard InChI is InChI=1S/C31H38N4O3/c1-33(24-9-5-4-6-10-24)18-8-13-27(23-14-15-29(37-2)30(21-23)38-3)35-22-26-25(31(35)36)11-7-12-28(26)34-19-16-32-17-20-34/h4-7,9-12,14-15,21,27,32H,8,13,16-20,22H2,1-3H3/t27-/m1/s1. The Labute approximate surface area is 225 Å². The largest absolute Gasteiger partial charge is 0.493 e. The molecule has 3 aromatic rings. The maximum Gasteiger partial charge on any atom is 0.255 e. The predicted octanol–water partition coefficient (Wildman–Crippen LogP) is 4.73. The van der Waals surface area contributed by atoms with E-state index in [0.29, 0.717) is 18.0 Å². The maximum atomic E-state index is 13.9. The van der Waals surface area contributed by atoms with Crippen molar-refractivity contribution in [3.63, 3.8) is 0 Å². The molecular weight excluding hydrogens is 476 g/mol. The highest BCUT2D eigenvalue weighted by Gasteiger charge is 2.36. The number of piperazine rings is 1. The Morgan fingerprint density at radius 3 is 2.45 bits per heavy atom. The van der Waals surface area contributed by atoms with Crippen molar-refractivity contribution in [1.82, 2.24) is 10.2 Å². The number of benzene rings is 3. The van der Waals surface area contributed by atoms with Crippen molar-refractivity contribution < 1.29 is 14.3 Å². The molecule has 5 rings (SSSR count). The van der Waals surface area contributed by atoms with Crippen molar-refractivity contribution in [3.05, 3.63) is 83.4 Å². The van der Waals surface area contributed by atoms with Crippen molar-refractivity contribution in [2.45, 2.75) is 25.4 Å². The van der Waals surface area contributed by atoms with E-state index in [1.54, 1.807) is 14.2 Å². The Hall–Kier alpha value is -3.71. The molecule has 1 fully saturated rings. The summed E-state index contributed by atoms with van der Waals surface area (Å²) in [7, 11) is 5.42. The van der Waals surface area contributed by atoms with Gasteiger partial charge in [0.05, 0.1) is 20.3 Å². The van der Waals surface area contributed by atoms with Crippen molar-refractivity contribution in [3.8, 4) is 11.5 Å². The molecule has 38 heavy (non-hydrogen) atoms.